The van der Waals surface area contributed by atoms with E-state index in [-0.39, 0.29) is 17.9 Å². The number of sulfonamides is 1. The molecule has 0 aromatic heterocycles. The van der Waals surface area contributed by atoms with Crippen LogP contribution in [0.5, 0.6) is 0 Å². The number of piperazine rings is 1. The maximum absolute atomic E-state index is 12.9. The Morgan fingerprint density at radius 1 is 1.12 bits per heavy atom. The summed E-state index contributed by atoms with van der Waals surface area (Å²) in [4.78, 5) is 14.4. The van der Waals surface area contributed by atoms with Gasteiger partial charge in [-0.2, -0.15) is 4.31 Å². The fraction of sp³-hybridized carbons (Fsp3) is 0.588. The zero-order valence-corrected chi connectivity index (χ0v) is 15.6. The summed E-state index contributed by atoms with van der Waals surface area (Å²) in [6, 6.07) is 5.22. The second-order valence-corrected chi connectivity index (χ2v) is 8.55. The second-order valence-electron chi connectivity index (χ2n) is 6.65. The normalized spacial score (nSPS) is 19.1. The molecule has 2 rings (SSSR count). The highest BCUT2D eigenvalue weighted by atomic mass is 32.2. The molecule has 2 atom stereocenters. The molecule has 1 aromatic rings. The molecule has 1 aliphatic heterocycles. The molecular formula is C17H27N3O3S. The molecule has 1 aromatic carbocycles. The molecule has 1 fully saturated rings. The van der Waals surface area contributed by atoms with Crippen molar-refractivity contribution >= 4 is 15.9 Å². The van der Waals surface area contributed by atoms with Crippen molar-refractivity contribution < 1.29 is 13.2 Å². The molecule has 0 spiro atoms. The minimum Gasteiger partial charge on any atom is -0.340 e. The summed E-state index contributed by atoms with van der Waals surface area (Å²) in [6.07, 6.45) is 0. The molecule has 134 valence electrons. The number of carbonyl (C=O) groups excluding carboxylic acids is 1. The lowest BCUT2D eigenvalue weighted by Crippen LogP contribution is -2.53. The van der Waals surface area contributed by atoms with Crippen molar-refractivity contribution in [1.29, 1.82) is 0 Å². The Morgan fingerprint density at radius 3 is 2.25 bits per heavy atom. The average molecular weight is 353 g/mol. The maximum atomic E-state index is 12.9. The third-order valence-corrected chi connectivity index (χ3v) is 6.73. The molecule has 1 heterocycles. The van der Waals surface area contributed by atoms with Crippen LogP contribution in [0.3, 0.4) is 0 Å². The maximum Gasteiger partial charge on any atom is 0.243 e. The smallest absolute Gasteiger partial charge is 0.243 e. The van der Waals surface area contributed by atoms with Crippen LogP contribution in [-0.2, 0) is 14.8 Å². The molecule has 1 saturated heterocycles. The fourth-order valence-electron chi connectivity index (χ4n) is 2.79. The summed E-state index contributed by atoms with van der Waals surface area (Å²) in [5, 5.41) is 0. The molecule has 0 aliphatic carbocycles. The highest BCUT2D eigenvalue weighted by molar-refractivity contribution is 7.89. The van der Waals surface area contributed by atoms with Crippen LogP contribution >= 0.6 is 0 Å². The first-order valence-electron chi connectivity index (χ1n) is 8.26. The van der Waals surface area contributed by atoms with Gasteiger partial charge in [0.2, 0.25) is 15.9 Å². The van der Waals surface area contributed by atoms with E-state index in [1.54, 1.807) is 17.9 Å². The van der Waals surface area contributed by atoms with Gasteiger partial charge in [-0.1, -0.05) is 19.1 Å². The molecule has 7 heteroatoms. The topological polar surface area (TPSA) is 83.7 Å². The molecule has 24 heavy (non-hydrogen) atoms. The van der Waals surface area contributed by atoms with Gasteiger partial charge in [-0.25, -0.2) is 8.42 Å². The number of nitrogens with two attached hydrogens (primary N) is 1. The molecule has 6 nitrogen and oxygen atoms in total. The lowest BCUT2D eigenvalue weighted by atomic mass is 10.0. The van der Waals surface area contributed by atoms with Gasteiger partial charge in [0.1, 0.15) is 0 Å². The highest BCUT2D eigenvalue weighted by Gasteiger charge is 2.32. The number of amides is 1. The molecule has 1 aliphatic rings. The van der Waals surface area contributed by atoms with Crippen molar-refractivity contribution in [2.75, 3.05) is 26.2 Å². The van der Waals surface area contributed by atoms with Crippen molar-refractivity contribution in [3.05, 3.63) is 29.3 Å². The van der Waals surface area contributed by atoms with E-state index in [0.717, 1.165) is 11.1 Å². The summed E-state index contributed by atoms with van der Waals surface area (Å²) in [7, 11) is -3.53. The molecule has 1 amide bonds. The Balaban J connectivity index is 2.11. The summed E-state index contributed by atoms with van der Waals surface area (Å²) in [5.74, 6) is -0.263. The lowest BCUT2D eigenvalue weighted by molar-refractivity contribution is -0.136. The van der Waals surface area contributed by atoms with Gasteiger partial charge in [0.05, 0.1) is 10.8 Å². The monoisotopic (exact) mass is 353 g/mol. The Kier molecular flexibility index (Phi) is 5.67. The van der Waals surface area contributed by atoms with Gasteiger partial charge in [-0.3, -0.25) is 4.79 Å². The van der Waals surface area contributed by atoms with Gasteiger partial charge in [-0.15, -0.1) is 0 Å². The number of hydrogen-bond acceptors (Lipinski definition) is 4. The first kappa shape index (κ1) is 18.9. The predicted octanol–water partition coefficient (Wildman–Crippen LogP) is 1.12. The lowest BCUT2D eigenvalue weighted by Gasteiger charge is -2.36. The summed E-state index contributed by atoms with van der Waals surface area (Å²) < 4.78 is 27.2. The molecule has 2 N–H and O–H groups in total. The van der Waals surface area contributed by atoms with E-state index in [9.17, 15) is 13.2 Å². The third-order valence-electron chi connectivity index (χ3n) is 4.69. The number of hydrogen-bond donors (Lipinski definition) is 1. The van der Waals surface area contributed by atoms with E-state index in [0.29, 0.717) is 31.1 Å². The minimum absolute atomic E-state index is 0.00576. The zero-order valence-electron chi connectivity index (χ0n) is 14.8. The molecule has 0 saturated carbocycles. The first-order chi connectivity index (χ1) is 11.1. The molecule has 0 radical (unpaired) electrons. The van der Waals surface area contributed by atoms with E-state index < -0.39 is 10.0 Å². The Hall–Kier alpha value is -1.44. The fourth-order valence-corrected chi connectivity index (χ4v) is 4.52. The van der Waals surface area contributed by atoms with Crippen LogP contribution in [0.1, 0.15) is 25.0 Å². The second kappa shape index (κ2) is 7.21. The van der Waals surface area contributed by atoms with E-state index >= 15 is 0 Å². The minimum atomic E-state index is -3.53. The Bertz CT molecular complexity index is 708. The summed E-state index contributed by atoms with van der Waals surface area (Å²) >= 11 is 0. The van der Waals surface area contributed by atoms with Crippen molar-refractivity contribution in [3.8, 4) is 0 Å². The van der Waals surface area contributed by atoms with Crippen LogP contribution < -0.4 is 5.73 Å². The molecular weight excluding hydrogens is 326 g/mol. The summed E-state index contributed by atoms with van der Waals surface area (Å²) in [6.45, 7) is 8.73. The van der Waals surface area contributed by atoms with Crippen LogP contribution in [0, 0.1) is 19.8 Å². The highest BCUT2D eigenvalue weighted by Crippen LogP contribution is 2.23. The van der Waals surface area contributed by atoms with E-state index in [1.165, 1.54) is 4.31 Å². The van der Waals surface area contributed by atoms with Crippen molar-refractivity contribution in [2.45, 2.75) is 38.6 Å². The van der Waals surface area contributed by atoms with Crippen LogP contribution in [0.2, 0.25) is 0 Å². The number of benzene rings is 1. The Morgan fingerprint density at radius 2 is 1.71 bits per heavy atom. The van der Waals surface area contributed by atoms with E-state index in [1.807, 2.05) is 32.9 Å². The summed E-state index contributed by atoms with van der Waals surface area (Å²) in [5.41, 5.74) is 7.45. The van der Waals surface area contributed by atoms with Crippen molar-refractivity contribution in [1.82, 2.24) is 9.21 Å². The van der Waals surface area contributed by atoms with Crippen molar-refractivity contribution in [2.24, 2.45) is 11.7 Å². The quantitative estimate of drug-likeness (QED) is 0.879. The number of aryl methyl sites for hydroxylation is 2. The van der Waals surface area contributed by atoms with Gasteiger partial charge in [0.15, 0.2) is 0 Å². The van der Waals surface area contributed by atoms with Gasteiger partial charge in [0.25, 0.3) is 0 Å². The third kappa shape index (κ3) is 3.79. The SMILES string of the molecule is Cc1ccc(C)c(S(=O)(=O)N2CCN(C(=O)C(C)C(C)N)CC2)c1. The molecule has 2 unspecified atom stereocenters. The number of rotatable bonds is 4. The average Bonchev–Trinajstić information content (AvgIpc) is 2.55. The van der Waals surface area contributed by atoms with Crippen LogP contribution in [-0.4, -0.2) is 55.8 Å². The number of carbonyl (C=O) groups is 1. The zero-order chi connectivity index (χ0) is 18.1. The largest absolute Gasteiger partial charge is 0.340 e. The van der Waals surface area contributed by atoms with Crippen LogP contribution in [0.25, 0.3) is 0 Å². The standard InChI is InChI=1S/C17H27N3O3S/c1-12-5-6-13(2)16(11-12)24(22,23)20-9-7-19(8-10-20)17(21)14(3)15(4)18/h5-6,11,14-15H,7-10,18H2,1-4H3. The van der Waals surface area contributed by atoms with E-state index in [2.05, 4.69) is 0 Å². The van der Waals surface area contributed by atoms with E-state index in [4.69, 9.17) is 5.73 Å². The molecule has 0 bridgehead atoms. The van der Waals surface area contributed by atoms with Crippen LogP contribution in [0.4, 0.5) is 0 Å². The van der Waals surface area contributed by atoms with Gasteiger partial charge in [-0.05, 0) is 38.0 Å². The first-order valence-corrected chi connectivity index (χ1v) is 9.70. The van der Waals surface area contributed by atoms with Gasteiger partial charge >= 0.3 is 0 Å². The Labute approximate surface area is 144 Å². The van der Waals surface area contributed by atoms with Crippen LogP contribution in [0.15, 0.2) is 23.1 Å². The predicted molar refractivity (Wildman–Crippen MR) is 94.1 cm³/mol. The van der Waals surface area contributed by atoms with Gasteiger partial charge in [0, 0.05) is 32.2 Å². The number of nitrogens with zero attached hydrogens (tertiary/aromatic N) is 2. The van der Waals surface area contributed by atoms with Crippen molar-refractivity contribution in [3.63, 3.8) is 0 Å². The van der Waals surface area contributed by atoms with Gasteiger partial charge < -0.3 is 10.6 Å².